The summed E-state index contributed by atoms with van der Waals surface area (Å²) >= 11 is 0. The van der Waals surface area contributed by atoms with Gasteiger partial charge in [-0.15, -0.1) is 0 Å². The Morgan fingerprint density at radius 3 is 1.35 bits per heavy atom. The zero-order chi connectivity index (χ0) is 39.8. The molecule has 0 N–H and O–H groups in total. The summed E-state index contributed by atoms with van der Waals surface area (Å²) in [5.74, 6) is 1.86. The van der Waals surface area contributed by atoms with E-state index in [-0.39, 0.29) is 0 Å². The summed E-state index contributed by atoms with van der Waals surface area (Å²) in [5, 5.41) is 4.29. The van der Waals surface area contributed by atoms with E-state index in [1.165, 1.54) is 5.56 Å². The summed E-state index contributed by atoms with van der Waals surface area (Å²) < 4.78 is 6.76. The van der Waals surface area contributed by atoms with Crippen LogP contribution in [0.5, 0.6) is 0 Å². The highest BCUT2D eigenvalue weighted by Gasteiger charge is 2.22. The molecule has 0 spiro atoms. The third kappa shape index (κ3) is 6.35. The normalized spacial score (nSPS) is 11.3. The van der Waals surface area contributed by atoms with E-state index in [0.29, 0.717) is 17.5 Å². The fourth-order valence-corrected chi connectivity index (χ4v) is 8.22. The van der Waals surface area contributed by atoms with Crippen LogP contribution in [0.1, 0.15) is 0 Å². The first-order valence-electron chi connectivity index (χ1n) is 20.1. The van der Waals surface area contributed by atoms with Gasteiger partial charge in [-0.3, -0.25) is 0 Å². The Hall–Kier alpha value is -8.15. The zero-order valence-electron chi connectivity index (χ0n) is 32.5. The third-order valence-electron chi connectivity index (χ3n) is 11.1. The molecular formula is C55H36N4O. The first kappa shape index (κ1) is 35.0. The highest BCUT2D eigenvalue weighted by atomic mass is 16.3. The quantitative estimate of drug-likeness (QED) is 0.154. The standard InChI is InChI=1S/C55H36N4O/c1-5-16-37(17-6-1)38-28-32-41(33-29-38)54-56-53(40-18-7-2-8-19-40)57-55(58-54)42-34-30-39(31-35-42)45-25-15-26-47-49(36-48-46-24-13-14-27-50(46)60-52(48)51(45)47)59(43-20-9-3-10-21-43)44-22-11-4-12-23-44/h1-36H. The van der Waals surface area contributed by atoms with Gasteiger partial charge in [0.1, 0.15) is 11.2 Å². The van der Waals surface area contributed by atoms with E-state index < -0.39 is 0 Å². The van der Waals surface area contributed by atoms with Crippen LogP contribution in [0.4, 0.5) is 17.1 Å². The van der Waals surface area contributed by atoms with Gasteiger partial charge in [0, 0.05) is 49.6 Å². The number of aromatic nitrogens is 3. The first-order chi connectivity index (χ1) is 29.7. The molecule has 2 heterocycles. The van der Waals surface area contributed by atoms with Gasteiger partial charge in [-0.05, 0) is 58.7 Å². The van der Waals surface area contributed by atoms with Crippen molar-refractivity contribution in [1.29, 1.82) is 0 Å². The molecule has 11 aromatic rings. The molecule has 282 valence electrons. The van der Waals surface area contributed by atoms with Crippen LogP contribution in [0.25, 0.3) is 89.1 Å². The molecule has 0 atom stereocenters. The number of nitrogens with zero attached hydrogens (tertiary/aromatic N) is 4. The van der Waals surface area contributed by atoms with E-state index in [1.807, 2.05) is 42.5 Å². The predicted molar refractivity (Wildman–Crippen MR) is 246 cm³/mol. The molecule has 0 saturated carbocycles. The van der Waals surface area contributed by atoms with Crippen molar-refractivity contribution in [2.75, 3.05) is 4.90 Å². The topological polar surface area (TPSA) is 55.1 Å². The number of anilines is 3. The lowest BCUT2D eigenvalue weighted by molar-refractivity contribution is 0.673. The van der Waals surface area contributed by atoms with Crippen molar-refractivity contribution in [3.63, 3.8) is 0 Å². The molecule has 2 aromatic heterocycles. The van der Waals surface area contributed by atoms with Crippen LogP contribution in [0.3, 0.4) is 0 Å². The largest absolute Gasteiger partial charge is 0.455 e. The average molecular weight is 769 g/mol. The lowest BCUT2D eigenvalue weighted by Gasteiger charge is -2.27. The second kappa shape index (κ2) is 15.0. The van der Waals surface area contributed by atoms with Crippen molar-refractivity contribution in [2.45, 2.75) is 0 Å². The van der Waals surface area contributed by atoms with E-state index in [9.17, 15) is 0 Å². The monoisotopic (exact) mass is 768 g/mol. The maximum atomic E-state index is 6.76. The molecule has 0 aliphatic carbocycles. The van der Waals surface area contributed by atoms with Gasteiger partial charge in [-0.25, -0.2) is 15.0 Å². The van der Waals surface area contributed by atoms with Crippen LogP contribution >= 0.6 is 0 Å². The first-order valence-corrected chi connectivity index (χ1v) is 20.1. The second-order valence-corrected chi connectivity index (χ2v) is 14.8. The number of para-hydroxylation sites is 3. The molecule has 5 heteroatoms. The Morgan fingerprint density at radius 1 is 0.333 bits per heavy atom. The SMILES string of the molecule is c1ccc(-c2ccc(-c3nc(-c4ccccc4)nc(-c4ccc(-c5cccc6c(N(c7ccccc7)c7ccccc7)cc7c8ccccc8oc7c56)cc4)n3)cc2)cc1. The van der Waals surface area contributed by atoms with Crippen molar-refractivity contribution in [3.8, 4) is 56.4 Å². The number of hydrogen-bond donors (Lipinski definition) is 0. The molecular weight excluding hydrogens is 733 g/mol. The van der Waals surface area contributed by atoms with E-state index in [1.54, 1.807) is 0 Å². The predicted octanol–water partition coefficient (Wildman–Crippen LogP) is 14.7. The Kier molecular flexibility index (Phi) is 8.75. The van der Waals surface area contributed by atoms with E-state index in [2.05, 4.69) is 181 Å². The van der Waals surface area contributed by atoms with Crippen LogP contribution in [0.15, 0.2) is 223 Å². The van der Waals surface area contributed by atoms with Crippen molar-refractivity contribution < 1.29 is 4.42 Å². The van der Waals surface area contributed by atoms with E-state index >= 15 is 0 Å². The van der Waals surface area contributed by atoms with Crippen molar-refractivity contribution >= 4 is 49.8 Å². The maximum absolute atomic E-state index is 6.76. The Labute approximate surface area is 347 Å². The fourth-order valence-electron chi connectivity index (χ4n) is 8.22. The number of furan rings is 1. The van der Waals surface area contributed by atoms with Gasteiger partial charge in [0.25, 0.3) is 0 Å². The molecule has 5 nitrogen and oxygen atoms in total. The third-order valence-corrected chi connectivity index (χ3v) is 11.1. The zero-order valence-corrected chi connectivity index (χ0v) is 32.5. The number of hydrogen-bond acceptors (Lipinski definition) is 5. The summed E-state index contributed by atoms with van der Waals surface area (Å²) in [6.07, 6.45) is 0. The van der Waals surface area contributed by atoms with Crippen LogP contribution in [0, 0.1) is 0 Å². The lowest BCUT2D eigenvalue weighted by Crippen LogP contribution is -2.10. The summed E-state index contributed by atoms with van der Waals surface area (Å²) in [6.45, 7) is 0. The van der Waals surface area contributed by atoms with Crippen molar-refractivity contribution in [3.05, 3.63) is 218 Å². The van der Waals surface area contributed by atoms with Crippen LogP contribution < -0.4 is 4.90 Å². The van der Waals surface area contributed by atoms with Gasteiger partial charge >= 0.3 is 0 Å². The van der Waals surface area contributed by atoms with Gasteiger partial charge in [0.15, 0.2) is 17.5 Å². The fraction of sp³-hybridized carbons (Fsp3) is 0. The van der Waals surface area contributed by atoms with Gasteiger partial charge in [0.2, 0.25) is 0 Å². The highest BCUT2D eigenvalue weighted by molar-refractivity contribution is 6.23. The summed E-state index contributed by atoms with van der Waals surface area (Å²) in [4.78, 5) is 17.4. The minimum Gasteiger partial charge on any atom is -0.455 e. The van der Waals surface area contributed by atoms with Gasteiger partial charge in [0.05, 0.1) is 5.69 Å². The Bertz CT molecular complexity index is 3240. The maximum Gasteiger partial charge on any atom is 0.164 e. The smallest absolute Gasteiger partial charge is 0.164 e. The molecule has 60 heavy (non-hydrogen) atoms. The Morgan fingerprint density at radius 2 is 0.767 bits per heavy atom. The summed E-state index contributed by atoms with van der Waals surface area (Å²) in [5.41, 5.74) is 12.1. The highest BCUT2D eigenvalue weighted by Crippen LogP contribution is 2.47. The Balaban J connectivity index is 1.06. The molecule has 0 saturated heterocycles. The molecule has 0 unspecified atom stereocenters. The summed E-state index contributed by atoms with van der Waals surface area (Å²) in [7, 11) is 0. The lowest BCUT2D eigenvalue weighted by atomic mass is 9.94. The number of rotatable bonds is 8. The number of fused-ring (bicyclic) bond motifs is 5. The minimum atomic E-state index is 0.610. The van der Waals surface area contributed by atoms with Crippen LogP contribution in [-0.2, 0) is 0 Å². The van der Waals surface area contributed by atoms with Crippen LogP contribution in [-0.4, -0.2) is 15.0 Å². The van der Waals surface area contributed by atoms with Crippen LogP contribution in [0.2, 0.25) is 0 Å². The summed E-state index contributed by atoms with van der Waals surface area (Å²) in [6, 6.07) is 75.7. The molecule has 0 aliphatic heterocycles. The van der Waals surface area contributed by atoms with Gasteiger partial charge in [-0.2, -0.15) is 0 Å². The molecule has 0 amide bonds. The van der Waals surface area contributed by atoms with Gasteiger partial charge in [-0.1, -0.05) is 182 Å². The number of benzene rings is 9. The molecule has 0 fully saturated rings. The molecule has 9 aromatic carbocycles. The molecule has 0 bridgehead atoms. The van der Waals surface area contributed by atoms with E-state index in [4.69, 9.17) is 19.4 Å². The van der Waals surface area contributed by atoms with Crippen molar-refractivity contribution in [2.24, 2.45) is 0 Å². The molecule has 0 aliphatic rings. The average Bonchev–Trinajstić information content (AvgIpc) is 3.71. The molecule has 11 rings (SSSR count). The second-order valence-electron chi connectivity index (χ2n) is 14.8. The minimum absolute atomic E-state index is 0.610. The van der Waals surface area contributed by atoms with Crippen molar-refractivity contribution in [1.82, 2.24) is 15.0 Å². The van der Waals surface area contributed by atoms with E-state index in [0.717, 1.165) is 83.2 Å². The van der Waals surface area contributed by atoms with Gasteiger partial charge < -0.3 is 9.32 Å². The molecule has 0 radical (unpaired) electrons.